The molecule has 4 amide bonds. The number of anilines is 2. The first-order valence-corrected chi connectivity index (χ1v) is 16.2. The SMILES string of the molecule is COc1ccc(N(C)C(=O)C(Cc2ccccc2)NC(=O)CCCC(=O)N[C@@H](Cc2ccccc2)C(=O)N(C)c2ccc(OC)cc2)cc1. The largest absolute Gasteiger partial charge is 0.497 e. The second-order valence-corrected chi connectivity index (χ2v) is 11.7. The highest BCUT2D eigenvalue weighted by molar-refractivity contribution is 6.00. The summed E-state index contributed by atoms with van der Waals surface area (Å²) in [5.41, 5.74) is 3.12. The maximum Gasteiger partial charge on any atom is 0.249 e. The van der Waals surface area contributed by atoms with Crippen molar-refractivity contribution in [1.29, 1.82) is 0 Å². The van der Waals surface area contributed by atoms with Crippen LogP contribution in [0.15, 0.2) is 109 Å². The van der Waals surface area contributed by atoms with Gasteiger partial charge in [0.15, 0.2) is 0 Å². The van der Waals surface area contributed by atoms with Crippen LogP contribution in [0, 0.1) is 0 Å². The van der Waals surface area contributed by atoms with Gasteiger partial charge in [0.2, 0.25) is 23.6 Å². The first kappa shape index (κ1) is 36.2. The molecule has 0 aliphatic carbocycles. The number of ether oxygens (including phenoxy) is 2. The van der Waals surface area contributed by atoms with Crippen LogP contribution >= 0.6 is 0 Å². The zero-order valence-electron chi connectivity index (χ0n) is 28.4. The zero-order chi connectivity index (χ0) is 35.2. The molecule has 0 aliphatic heterocycles. The predicted molar refractivity (Wildman–Crippen MR) is 191 cm³/mol. The molecule has 1 unspecified atom stereocenters. The lowest BCUT2D eigenvalue weighted by atomic mass is 10.0. The summed E-state index contributed by atoms with van der Waals surface area (Å²) in [4.78, 5) is 56.5. The minimum Gasteiger partial charge on any atom is -0.497 e. The van der Waals surface area contributed by atoms with Gasteiger partial charge in [-0.15, -0.1) is 0 Å². The highest BCUT2D eigenvalue weighted by Crippen LogP contribution is 2.21. The van der Waals surface area contributed by atoms with E-state index in [1.54, 1.807) is 76.8 Å². The molecule has 0 bridgehead atoms. The van der Waals surface area contributed by atoms with Gasteiger partial charge in [-0.1, -0.05) is 60.7 Å². The summed E-state index contributed by atoms with van der Waals surface area (Å²) in [6.45, 7) is 0. The molecular formula is C39H44N4O6. The van der Waals surface area contributed by atoms with Crippen LogP contribution in [0.1, 0.15) is 30.4 Å². The molecule has 2 N–H and O–H groups in total. The molecule has 4 rings (SSSR count). The third-order valence-electron chi connectivity index (χ3n) is 8.22. The van der Waals surface area contributed by atoms with Gasteiger partial charge in [0, 0.05) is 51.2 Å². The van der Waals surface area contributed by atoms with Crippen molar-refractivity contribution in [2.24, 2.45) is 0 Å². The molecule has 10 heteroatoms. The number of carbonyl (C=O) groups is 4. The van der Waals surface area contributed by atoms with Gasteiger partial charge < -0.3 is 29.9 Å². The molecule has 10 nitrogen and oxygen atoms in total. The Balaban J connectivity index is 1.37. The fourth-order valence-corrected chi connectivity index (χ4v) is 5.38. The van der Waals surface area contributed by atoms with Crippen LogP contribution < -0.4 is 29.9 Å². The Morgan fingerprint density at radius 1 is 0.551 bits per heavy atom. The maximum atomic E-state index is 13.6. The summed E-state index contributed by atoms with van der Waals surface area (Å²) in [5.74, 6) is 0.0972. The second-order valence-electron chi connectivity index (χ2n) is 11.7. The average molecular weight is 665 g/mol. The molecular weight excluding hydrogens is 620 g/mol. The molecule has 2 atom stereocenters. The topological polar surface area (TPSA) is 117 Å². The number of amides is 4. The number of hydrogen-bond donors (Lipinski definition) is 2. The van der Waals surface area contributed by atoms with Crippen molar-refractivity contribution >= 4 is 35.0 Å². The van der Waals surface area contributed by atoms with E-state index in [0.29, 0.717) is 35.7 Å². The first-order chi connectivity index (χ1) is 23.7. The summed E-state index contributed by atoms with van der Waals surface area (Å²) in [7, 11) is 6.48. The highest BCUT2D eigenvalue weighted by Gasteiger charge is 2.27. The van der Waals surface area contributed by atoms with Crippen LogP contribution in [0.5, 0.6) is 11.5 Å². The van der Waals surface area contributed by atoms with E-state index in [9.17, 15) is 19.2 Å². The molecule has 0 saturated carbocycles. The van der Waals surface area contributed by atoms with Crippen molar-refractivity contribution in [2.45, 2.75) is 44.2 Å². The molecule has 0 fully saturated rings. The van der Waals surface area contributed by atoms with Gasteiger partial charge in [-0.3, -0.25) is 19.2 Å². The van der Waals surface area contributed by atoms with Crippen LogP contribution in [0.4, 0.5) is 11.4 Å². The summed E-state index contributed by atoms with van der Waals surface area (Å²) >= 11 is 0. The van der Waals surface area contributed by atoms with E-state index < -0.39 is 12.1 Å². The number of methoxy groups -OCH3 is 2. The Morgan fingerprint density at radius 3 is 1.22 bits per heavy atom. The normalized spacial score (nSPS) is 11.8. The lowest BCUT2D eigenvalue weighted by Crippen LogP contribution is -2.49. The standard InChI is InChI=1S/C39H44N4O6/c1-42(30-18-22-32(48-3)23-19-30)38(46)34(26-28-12-7-5-8-13-28)40-36(44)16-11-17-37(45)41-35(27-29-14-9-6-10-15-29)39(47)43(2)31-20-24-33(49-4)25-21-31/h5-10,12-15,18-25,34-35H,11,16-17,26-27H2,1-4H3,(H,40,44)(H,41,45)/t34-,35?/m0/s1. The molecule has 0 spiro atoms. The van der Waals surface area contributed by atoms with Crippen LogP contribution in [0.3, 0.4) is 0 Å². The van der Waals surface area contributed by atoms with Gasteiger partial charge in [0.1, 0.15) is 23.6 Å². The number of benzene rings is 4. The van der Waals surface area contributed by atoms with Gasteiger partial charge in [0.25, 0.3) is 0 Å². The molecule has 0 aromatic heterocycles. The smallest absolute Gasteiger partial charge is 0.249 e. The van der Waals surface area contributed by atoms with Crippen LogP contribution in [-0.4, -0.2) is 64.0 Å². The fourth-order valence-electron chi connectivity index (χ4n) is 5.38. The summed E-state index contributed by atoms with van der Waals surface area (Å²) < 4.78 is 10.5. The summed E-state index contributed by atoms with van der Waals surface area (Å²) in [6.07, 6.45) is 0.899. The number of likely N-dealkylation sites (N-methyl/N-ethyl adjacent to an activating group) is 2. The molecule has 49 heavy (non-hydrogen) atoms. The molecule has 0 radical (unpaired) electrons. The molecule has 4 aromatic carbocycles. The molecule has 0 heterocycles. The van der Waals surface area contributed by atoms with E-state index in [4.69, 9.17) is 9.47 Å². The van der Waals surface area contributed by atoms with E-state index in [-0.39, 0.29) is 42.9 Å². The third-order valence-corrected chi connectivity index (χ3v) is 8.22. The quantitative estimate of drug-likeness (QED) is 0.175. The van der Waals surface area contributed by atoms with Crippen molar-refractivity contribution in [3.63, 3.8) is 0 Å². The van der Waals surface area contributed by atoms with Gasteiger partial charge in [0.05, 0.1) is 14.2 Å². The van der Waals surface area contributed by atoms with E-state index >= 15 is 0 Å². The minimum atomic E-state index is -0.822. The summed E-state index contributed by atoms with van der Waals surface area (Å²) in [5, 5.41) is 5.78. The van der Waals surface area contributed by atoms with Crippen LogP contribution in [0.2, 0.25) is 0 Å². The van der Waals surface area contributed by atoms with Gasteiger partial charge in [-0.2, -0.15) is 0 Å². The average Bonchev–Trinajstić information content (AvgIpc) is 3.14. The lowest BCUT2D eigenvalue weighted by Gasteiger charge is -2.25. The van der Waals surface area contributed by atoms with E-state index in [2.05, 4.69) is 10.6 Å². The molecule has 0 saturated heterocycles. The number of carbonyl (C=O) groups excluding carboxylic acids is 4. The van der Waals surface area contributed by atoms with Crippen molar-refractivity contribution in [3.8, 4) is 11.5 Å². The van der Waals surface area contributed by atoms with Crippen molar-refractivity contribution < 1.29 is 28.7 Å². The Labute approximate surface area is 288 Å². The van der Waals surface area contributed by atoms with Gasteiger partial charge in [-0.05, 0) is 66.1 Å². The summed E-state index contributed by atoms with van der Waals surface area (Å²) in [6, 6.07) is 31.5. The van der Waals surface area contributed by atoms with Crippen LogP contribution in [-0.2, 0) is 32.0 Å². The van der Waals surface area contributed by atoms with Crippen LogP contribution in [0.25, 0.3) is 0 Å². The lowest BCUT2D eigenvalue weighted by molar-refractivity contribution is -0.128. The number of hydrogen-bond acceptors (Lipinski definition) is 6. The van der Waals surface area contributed by atoms with E-state index in [1.807, 2.05) is 60.7 Å². The Kier molecular flexibility index (Phi) is 13.3. The van der Waals surface area contributed by atoms with Gasteiger partial charge in [-0.25, -0.2) is 0 Å². The van der Waals surface area contributed by atoms with Crippen molar-refractivity contribution in [1.82, 2.24) is 10.6 Å². The van der Waals surface area contributed by atoms with Gasteiger partial charge >= 0.3 is 0 Å². The first-order valence-electron chi connectivity index (χ1n) is 16.2. The molecule has 0 aliphatic rings. The van der Waals surface area contributed by atoms with Crippen molar-refractivity contribution in [3.05, 3.63) is 120 Å². The zero-order valence-corrected chi connectivity index (χ0v) is 28.4. The fraction of sp³-hybridized carbons (Fsp3) is 0.282. The van der Waals surface area contributed by atoms with E-state index in [0.717, 1.165) is 11.1 Å². The maximum absolute atomic E-state index is 13.6. The highest BCUT2D eigenvalue weighted by atomic mass is 16.5. The third kappa shape index (κ3) is 10.7. The number of nitrogens with one attached hydrogen (secondary N) is 2. The number of nitrogens with zero attached hydrogens (tertiary/aromatic N) is 2. The second kappa shape index (κ2) is 18.1. The Hall–Kier alpha value is -5.64. The monoisotopic (exact) mass is 664 g/mol. The molecule has 256 valence electrons. The predicted octanol–water partition coefficient (Wildman–Crippen LogP) is 4.95. The Morgan fingerprint density at radius 2 is 0.898 bits per heavy atom. The van der Waals surface area contributed by atoms with E-state index in [1.165, 1.54) is 9.80 Å². The number of rotatable bonds is 16. The minimum absolute atomic E-state index is 0.0291. The molecule has 4 aromatic rings. The van der Waals surface area contributed by atoms with Crippen molar-refractivity contribution in [2.75, 3.05) is 38.1 Å². The Bertz CT molecular complexity index is 1540.